The molecule has 0 bridgehead atoms. The highest BCUT2D eigenvalue weighted by atomic mass is 15.1. The van der Waals surface area contributed by atoms with E-state index in [0.717, 1.165) is 17.9 Å². The van der Waals surface area contributed by atoms with Crippen molar-refractivity contribution < 1.29 is 0 Å². The number of fused-ring (bicyclic) bond motifs is 2. The molecule has 3 unspecified atom stereocenters. The van der Waals surface area contributed by atoms with Crippen molar-refractivity contribution in [2.75, 3.05) is 13.6 Å². The molecule has 0 spiro atoms. The molecule has 1 aromatic rings. The average molecular weight is 243 g/mol. The molecule has 0 N–H and O–H groups in total. The molecular weight excluding hydrogens is 218 g/mol. The third-order valence-corrected chi connectivity index (χ3v) is 5.27. The van der Waals surface area contributed by atoms with Gasteiger partial charge >= 0.3 is 0 Å². The van der Waals surface area contributed by atoms with Gasteiger partial charge in [-0.2, -0.15) is 0 Å². The van der Waals surface area contributed by atoms with Crippen molar-refractivity contribution >= 4 is 0 Å². The number of nitrogens with zero attached hydrogens (tertiary/aromatic N) is 1. The van der Waals surface area contributed by atoms with Gasteiger partial charge in [0.25, 0.3) is 0 Å². The first-order chi connectivity index (χ1) is 8.69. The fourth-order valence-electron chi connectivity index (χ4n) is 4.13. The minimum Gasteiger partial charge on any atom is -0.303 e. The molecule has 1 nitrogen and oxygen atoms in total. The van der Waals surface area contributed by atoms with Crippen LogP contribution in [0.25, 0.3) is 0 Å². The number of hydrogen-bond acceptors (Lipinski definition) is 1. The topological polar surface area (TPSA) is 3.24 Å². The van der Waals surface area contributed by atoms with E-state index >= 15 is 0 Å². The van der Waals surface area contributed by atoms with Gasteiger partial charge < -0.3 is 4.90 Å². The molecule has 1 aliphatic carbocycles. The van der Waals surface area contributed by atoms with Gasteiger partial charge in [0.2, 0.25) is 0 Å². The van der Waals surface area contributed by atoms with E-state index in [0.29, 0.717) is 0 Å². The lowest BCUT2D eigenvalue weighted by Crippen LogP contribution is -2.50. The summed E-state index contributed by atoms with van der Waals surface area (Å²) in [6.07, 6.45) is 5.37. The van der Waals surface area contributed by atoms with Crippen molar-refractivity contribution in [3.63, 3.8) is 0 Å². The summed E-state index contributed by atoms with van der Waals surface area (Å²) >= 11 is 0. The van der Waals surface area contributed by atoms with E-state index in [4.69, 9.17) is 0 Å². The molecule has 18 heavy (non-hydrogen) atoms. The second-order valence-corrected chi connectivity index (χ2v) is 6.40. The summed E-state index contributed by atoms with van der Waals surface area (Å²) in [5, 5.41) is 0. The molecule has 0 aromatic heterocycles. The Morgan fingerprint density at radius 3 is 2.89 bits per heavy atom. The molecule has 1 heterocycles. The normalized spacial score (nSPS) is 31.8. The molecule has 0 radical (unpaired) electrons. The van der Waals surface area contributed by atoms with Crippen LogP contribution in [-0.4, -0.2) is 24.5 Å². The molecular formula is C17H25N. The SMILES string of the molecule is CCC1CC2Cc3c(C)cccc3CC2N(C)C1. The molecule has 1 aromatic carbocycles. The first-order valence-corrected chi connectivity index (χ1v) is 7.46. The number of likely N-dealkylation sites (tertiary alicyclic amines) is 1. The van der Waals surface area contributed by atoms with E-state index in [1.807, 2.05) is 0 Å². The van der Waals surface area contributed by atoms with Gasteiger partial charge in [0.15, 0.2) is 0 Å². The number of piperidine rings is 1. The predicted octanol–water partition coefficient (Wildman–Crippen LogP) is 3.44. The van der Waals surface area contributed by atoms with Crippen molar-refractivity contribution in [2.45, 2.75) is 45.6 Å². The lowest BCUT2D eigenvalue weighted by atomic mass is 9.71. The third kappa shape index (κ3) is 1.99. The van der Waals surface area contributed by atoms with Crippen LogP contribution in [0.1, 0.15) is 36.5 Å². The van der Waals surface area contributed by atoms with E-state index in [-0.39, 0.29) is 0 Å². The van der Waals surface area contributed by atoms with E-state index in [2.05, 4.69) is 44.0 Å². The Balaban J connectivity index is 1.90. The van der Waals surface area contributed by atoms with Crippen molar-refractivity contribution in [3.8, 4) is 0 Å². The Kier molecular flexibility index (Phi) is 3.19. The van der Waals surface area contributed by atoms with Crippen LogP contribution < -0.4 is 0 Å². The van der Waals surface area contributed by atoms with Crippen molar-refractivity contribution in [1.29, 1.82) is 0 Å². The fraction of sp³-hybridized carbons (Fsp3) is 0.647. The maximum Gasteiger partial charge on any atom is 0.0164 e. The van der Waals surface area contributed by atoms with Crippen molar-refractivity contribution in [2.24, 2.45) is 11.8 Å². The Labute approximate surface area is 111 Å². The highest BCUT2D eigenvalue weighted by Gasteiger charge is 2.37. The Morgan fingerprint density at radius 1 is 1.28 bits per heavy atom. The lowest BCUT2D eigenvalue weighted by Gasteiger charge is -2.46. The third-order valence-electron chi connectivity index (χ3n) is 5.27. The molecule has 3 rings (SSSR count). The summed E-state index contributed by atoms with van der Waals surface area (Å²) in [7, 11) is 2.33. The number of benzene rings is 1. The monoisotopic (exact) mass is 243 g/mol. The van der Waals surface area contributed by atoms with Crippen molar-refractivity contribution in [1.82, 2.24) is 4.90 Å². The van der Waals surface area contributed by atoms with Crippen LogP contribution in [0, 0.1) is 18.8 Å². The first kappa shape index (κ1) is 12.2. The predicted molar refractivity (Wildman–Crippen MR) is 76.9 cm³/mol. The van der Waals surface area contributed by atoms with Crippen molar-refractivity contribution in [3.05, 3.63) is 34.9 Å². The van der Waals surface area contributed by atoms with Gasteiger partial charge in [-0.05, 0) is 61.8 Å². The van der Waals surface area contributed by atoms with Crippen LogP contribution >= 0.6 is 0 Å². The second-order valence-electron chi connectivity index (χ2n) is 6.40. The molecule has 1 fully saturated rings. The zero-order valence-corrected chi connectivity index (χ0v) is 11.9. The summed E-state index contributed by atoms with van der Waals surface area (Å²) in [4.78, 5) is 2.63. The van der Waals surface area contributed by atoms with Crippen LogP contribution in [0.5, 0.6) is 0 Å². The molecule has 1 heteroatoms. The number of hydrogen-bond donors (Lipinski definition) is 0. The van der Waals surface area contributed by atoms with E-state index in [1.165, 1.54) is 37.8 Å². The van der Waals surface area contributed by atoms with Crippen LogP contribution in [0.4, 0.5) is 0 Å². The minimum atomic E-state index is 0.794. The van der Waals surface area contributed by atoms with Crippen LogP contribution in [0.3, 0.4) is 0 Å². The smallest absolute Gasteiger partial charge is 0.0164 e. The molecule has 98 valence electrons. The molecule has 2 aliphatic rings. The quantitative estimate of drug-likeness (QED) is 0.730. The largest absolute Gasteiger partial charge is 0.303 e. The highest BCUT2D eigenvalue weighted by Crippen LogP contribution is 2.38. The average Bonchev–Trinajstić information content (AvgIpc) is 2.38. The summed E-state index contributed by atoms with van der Waals surface area (Å²) in [6.45, 7) is 5.93. The number of likely N-dealkylation sites (N-methyl/N-ethyl adjacent to an activating group) is 1. The standard InChI is InChI=1S/C17H25N/c1-4-13-8-15-9-16-12(2)6-5-7-14(16)10-17(15)18(3)11-13/h5-7,13,15,17H,4,8-11H2,1-3H3. The van der Waals surface area contributed by atoms with Gasteiger partial charge in [-0.25, -0.2) is 0 Å². The van der Waals surface area contributed by atoms with Gasteiger partial charge in [-0.15, -0.1) is 0 Å². The molecule has 0 saturated carbocycles. The maximum atomic E-state index is 2.63. The molecule has 0 amide bonds. The zero-order chi connectivity index (χ0) is 12.7. The summed E-state index contributed by atoms with van der Waals surface area (Å²) in [5.41, 5.74) is 4.77. The van der Waals surface area contributed by atoms with Crippen LogP contribution in [0.2, 0.25) is 0 Å². The lowest BCUT2D eigenvalue weighted by molar-refractivity contribution is 0.0701. The zero-order valence-electron chi connectivity index (χ0n) is 11.9. The minimum absolute atomic E-state index is 0.794. The number of aryl methyl sites for hydroxylation is 1. The second kappa shape index (κ2) is 4.70. The van der Waals surface area contributed by atoms with E-state index in [9.17, 15) is 0 Å². The van der Waals surface area contributed by atoms with Gasteiger partial charge in [-0.1, -0.05) is 31.5 Å². The summed E-state index contributed by atoms with van der Waals surface area (Å²) < 4.78 is 0. The van der Waals surface area contributed by atoms with Gasteiger partial charge in [0.1, 0.15) is 0 Å². The maximum absolute atomic E-state index is 2.63. The summed E-state index contributed by atoms with van der Waals surface area (Å²) in [6, 6.07) is 7.65. The molecule has 3 atom stereocenters. The van der Waals surface area contributed by atoms with Crippen LogP contribution in [-0.2, 0) is 12.8 Å². The van der Waals surface area contributed by atoms with E-state index in [1.54, 1.807) is 11.1 Å². The van der Waals surface area contributed by atoms with Crippen LogP contribution in [0.15, 0.2) is 18.2 Å². The molecule has 1 aliphatic heterocycles. The van der Waals surface area contributed by atoms with Gasteiger partial charge in [0.05, 0.1) is 0 Å². The Morgan fingerprint density at radius 2 is 2.11 bits per heavy atom. The highest BCUT2D eigenvalue weighted by molar-refractivity contribution is 5.37. The Bertz CT molecular complexity index is 437. The summed E-state index contributed by atoms with van der Waals surface area (Å²) in [5.74, 6) is 1.81. The van der Waals surface area contributed by atoms with Gasteiger partial charge in [-0.3, -0.25) is 0 Å². The first-order valence-electron chi connectivity index (χ1n) is 7.46. The van der Waals surface area contributed by atoms with Gasteiger partial charge in [0, 0.05) is 12.6 Å². The molecule has 1 saturated heterocycles. The number of rotatable bonds is 1. The Hall–Kier alpha value is -0.820. The fourth-order valence-corrected chi connectivity index (χ4v) is 4.13. The van der Waals surface area contributed by atoms with E-state index < -0.39 is 0 Å².